The SMILES string of the molecule is COc1cccc(/C=C2/N=C(Cc3ccc(OC)c(OC)c3)NC2=O)c1. The van der Waals surface area contributed by atoms with E-state index in [9.17, 15) is 4.79 Å². The maximum Gasteiger partial charge on any atom is 0.275 e. The van der Waals surface area contributed by atoms with Crippen LogP contribution < -0.4 is 19.5 Å². The third-order valence-electron chi connectivity index (χ3n) is 3.96. The van der Waals surface area contributed by atoms with Crippen molar-refractivity contribution in [3.8, 4) is 17.2 Å². The van der Waals surface area contributed by atoms with Crippen LogP contribution in [0.2, 0.25) is 0 Å². The van der Waals surface area contributed by atoms with Crippen LogP contribution in [0.5, 0.6) is 17.2 Å². The van der Waals surface area contributed by atoms with Crippen molar-refractivity contribution in [2.75, 3.05) is 21.3 Å². The number of ether oxygens (including phenoxy) is 3. The highest BCUT2D eigenvalue weighted by Crippen LogP contribution is 2.28. The fourth-order valence-electron chi connectivity index (χ4n) is 2.67. The van der Waals surface area contributed by atoms with E-state index in [1.54, 1.807) is 27.4 Å². The molecule has 0 bridgehead atoms. The van der Waals surface area contributed by atoms with Gasteiger partial charge < -0.3 is 19.5 Å². The first kappa shape index (κ1) is 17.5. The van der Waals surface area contributed by atoms with Crippen molar-refractivity contribution in [3.05, 3.63) is 59.3 Å². The summed E-state index contributed by atoms with van der Waals surface area (Å²) in [4.78, 5) is 16.6. The lowest BCUT2D eigenvalue weighted by Gasteiger charge is -2.09. The number of nitrogens with one attached hydrogen (secondary N) is 1. The molecule has 1 amide bonds. The van der Waals surface area contributed by atoms with E-state index in [0.29, 0.717) is 29.5 Å². The number of hydrogen-bond acceptors (Lipinski definition) is 5. The molecule has 0 saturated carbocycles. The van der Waals surface area contributed by atoms with E-state index in [1.807, 2.05) is 42.5 Å². The van der Waals surface area contributed by atoms with Gasteiger partial charge >= 0.3 is 0 Å². The highest BCUT2D eigenvalue weighted by Gasteiger charge is 2.20. The molecular weight excluding hydrogens is 332 g/mol. The Morgan fingerprint density at radius 3 is 2.54 bits per heavy atom. The Kier molecular flexibility index (Phi) is 5.22. The third kappa shape index (κ3) is 3.85. The lowest BCUT2D eigenvalue weighted by molar-refractivity contribution is -0.115. The van der Waals surface area contributed by atoms with Crippen LogP contribution in [0.25, 0.3) is 6.08 Å². The second kappa shape index (κ2) is 7.74. The van der Waals surface area contributed by atoms with Crippen molar-refractivity contribution in [1.29, 1.82) is 0 Å². The highest BCUT2D eigenvalue weighted by atomic mass is 16.5. The molecule has 1 aliphatic heterocycles. The van der Waals surface area contributed by atoms with Crippen LogP contribution in [0.15, 0.2) is 53.2 Å². The standard InChI is InChI=1S/C20H20N2O4/c1-24-15-6-4-5-13(9-15)10-16-20(23)22-19(21-16)12-14-7-8-17(25-2)18(11-14)26-3/h4-11H,12H2,1-3H3,(H,21,22,23)/b16-10+. The molecule has 6 heteroatoms. The first-order valence-electron chi connectivity index (χ1n) is 8.08. The molecule has 0 atom stereocenters. The van der Waals surface area contributed by atoms with Crippen LogP contribution in [0.4, 0.5) is 0 Å². The fraction of sp³-hybridized carbons (Fsp3) is 0.200. The quantitative estimate of drug-likeness (QED) is 0.812. The van der Waals surface area contributed by atoms with Crippen LogP contribution in [-0.2, 0) is 11.2 Å². The molecule has 26 heavy (non-hydrogen) atoms. The van der Waals surface area contributed by atoms with E-state index in [4.69, 9.17) is 14.2 Å². The summed E-state index contributed by atoms with van der Waals surface area (Å²) in [7, 11) is 4.79. The van der Waals surface area contributed by atoms with Gasteiger partial charge in [0.25, 0.3) is 5.91 Å². The van der Waals surface area contributed by atoms with Gasteiger partial charge in [0.15, 0.2) is 11.5 Å². The Bertz CT molecular complexity index is 887. The van der Waals surface area contributed by atoms with Crippen molar-refractivity contribution in [1.82, 2.24) is 5.32 Å². The van der Waals surface area contributed by atoms with Gasteiger partial charge in [-0.2, -0.15) is 0 Å². The molecule has 0 fully saturated rings. The number of aliphatic imine (C=N–C) groups is 1. The summed E-state index contributed by atoms with van der Waals surface area (Å²) in [6, 6.07) is 13.1. The summed E-state index contributed by atoms with van der Waals surface area (Å²) >= 11 is 0. The Morgan fingerprint density at radius 1 is 1.00 bits per heavy atom. The van der Waals surface area contributed by atoms with E-state index in [1.165, 1.54) is 0 Å². The van der Waals surface area contributed by atoms with Gasteiger partial charge in [0, 0.05) is 6.42 Å². The lowest BCUT2D eigenvalue weighted by atomic mass is 10.1. The van der Waals surface area contributed by atoms with Gasteiger partial charge in [0.05, 0.1) is 21.3 Å². The Labute approximate surface area is 152 Å². The molecule has 0 aliphatic carbocycles. The molecule has 6 nitrogen and oxygen atoms in total. The van der Waals surface area contributed by atoms with Gasteiger partial charge in [0.1, 0.15) is 17.3 Å². The third-order valence-corrected chi connectivity index (χ3v) is 3.96. The maximum atomic E-state index is 12.2. The van der Waals surface area contributed by atoms with Crippen molar-refractivity contribution in [2.24, 2.45) is 4.99 Å². The molecule has 0 aromatic heterocycles. The van der Waals surface area contributed by atoms with Gasteiger partial charge in [-0.25, -0.2) is 4.99 Å². The van der Waals surface area contributed by atoms with Crippen LogP contribution in [-0.4, -0.2) is 33.1 Å². The summed E-state index contributed by atoms with van der Waals surface area (Å²) in [6.45, 7) is 0. The molecule has 3 rings (SSSR count). The lowest BCUT2D eigenvalue weighted by Crippen LogP contribution is -2.25. The minimum Gasteiger partial charge on any atom is -0.497 e. The van der Waals surface area contributed by atoms with Crippen molar-refractivity contribution in [3.63, 3.8) is 0 Å². The first-order chi connectivity index (χ1) is 12.6. The zero-order valence-electron chi connectivity index (χ0n) is 14.9. The molecule has 134 valence electrons. The minimum atomic E-state index is -0.219. The summed E-state index contributed by atoms with van der Waals surface area (Å²) < 4.78 is 15.7. The number of nitrogens with zero attached hydrogens (tertiary/aromatic N) is 1. The Hall–Kier alpha value is -3.28. The molecular formula is C20H20N2O4. The highest BCUT2D eigenvalue weighted by molar-refractivity contribution is 6.14. The number of amidine groups is 1. The van der Waals surface area contributed by atoms with Gasteiger partial charge in [-0.15, -0.1) is 0 Å². The number of benzene rings is 2. The van der Waals surface area contributed by atoms with E-state index < -0.39 is 0 Å². The number of rotatable bonds is 6. The molecule has 1 aliphatic rings. The second-order valence-electron chi connectivity index (χ2n) is 5.68. The average Bonchev–Trinajstić information content (AvgIpc) is 3.00. The topological polar surface area (TPSA) is 69.2 Å². The second-order valence-corrected chi connectivity index (χ2v) is 5.68. The van der Waals surface area contributed by atoms with E-state index in [-0.39, 0.29) is 5.91 Å². The summed E-state index contributed by atoms with van der Waals surface area (Å²) in [5.41, 5.74) is 2.18. The molecule has 0 unspecified atom stereocenters. The number of amides is 1. The van der Waals surface area contributed by atoms with Crippen molar-refractivity contribution < 1.29 is 19.0 Å². The molecule has 0 spiro atoms. The van der Waals surface area contributed by atoms with Crippen LogP contribution in [0.1, 0.15) is 11.1 Å². The molecule has 0 saturated heterocycles. The van der Waals surface area contributed by atoms with E-state index >= 15 is 0 Å². The van der Waals surface area contributed by atoms with E-state index in [2.05, 4.69) is 10.3 Å². The minimum absolute atomic E-state index is 0.219. The molecule has 2 aromatic carbocycles. The largest absolute Gasteiger partial charge is 0.497 e. The van der Waals surface area contributed by atoms with Gasteiger partial charge in [-0.05, 0) is 41.5 Å². The van der Waals surface area contributed by atoms with Crippen LogP contribution >= 0.6 is 0 Å². The summed E-state index contributed by atoms with van der Waals surface area (Å²) in [5, 5.41) is 2.81. The number of carbonyl (C=O) groups is 1. The smallest absolute Gasteiger partial charge is 0.275 e. The van der Waals surface area contributed by atoms with Gasteiger partial charge in [0.2, 0.25) is 0 Å². The fourth-order valence-corrected chi connectivity index (χ4v) is 2.67. The molecule has 1 N–H and O–H groups in total. The van der Waals surface area contributed by atoms with Crippen LogP contribution in [0.3, 0.4) is 0 Å². The zero-order chi connectivity index (χ0) is 18.5. The monoisotopic (exact) mass is 352 g/mol. The number of carbonyl (C=O) groups excluding carboxylic acids is 1. The Balaban J connectivity index is 1.80. The average molecular weight is 352 g/mol. The molecule has 0 radical (unpaired) electrons. The number of methoxy groups -OCH3 is 3. The normalized spacial score (nSPS) is 14.8. The van der Waals surface area contributed by atoms with Crippen LogP contribution in [0, 0.1) is 0 Å². The Morgan fingerprint density at radius 2 is 1.81 bits per heavy atom. The molecule has 2 aromatic rings. The zero-order valence-corrected chi connectivity index (χ0v) is 14.9. The predicted molar refractivity (Wildman–Crippen MR) is 99.8 cm³/mol. The van der Waals surface area contributed by atoms with Gasteiger partial charge in [-0.1, -0.05) is 18.2 Å². The van der Waals surface area contributed by atoms with Crippen molar-refractivity contribution >= 4 is 17.8 Å². The summed E-state index contributed by atoms with van der Waals surface area (Å²) in [5.74, 6) is 2.40. The maximum absolute atomic E-state index is 12.2. The molecule has 1 heterocycles. The van der Waals surface area contributed by atoms with Gasteiger partial charge in [-0.3, -0.25) is 4.79 Å². The first-order valence-corrected chi connectivity index (χ1v) is 8.08. The number of hydrogen-bond donors (Lipinski definition) is 1. The van der Waals surface area contributed by atoms with E-state index in [0.717, 1.165) is 16.9 Å². The summed E-state index contributed by atoms with van der Waals surface area (Å²) in [6.07, 6.45) is 2.22. The predicted octanol–water partition coefficient (Wildman–Crippen LogP) is 2.82. The van der Waals surface area contributed by atoms with Crippen molar-refractivity contribution in [2.45, 2.75) is 6.42 Å².